The second-order valence-corrected chi connectivity index (χ2v) is 7.26. The summed E-state index contributed by atoms with van der Waals surface area (Å²) >= 11 is 0. The van der Waals surface area contributed by atoms with E-state index < -0.39 is 5.72 Å². The molecule has 2 atom stereocenters. The van der Waals surface area contributed by atoms with Crippen molar-refractivity contribution in [2.75, 3.05) is 5.32 Å². The van der Waals surface area contributed by atoms with Crippen LogP contribution in [0.25, 0.3) is 0 Å². The summed E-state index contributed by atoms with van der Waals surface area (Å²) in [4.78, 5) is 13.3. The molecule has 5 heteroatoms. The van der Waals surface area contributed by atoms with Gasteiger partial charge in [-0.25, -0.2) is 5.01 Å². The highest BCUT2D eigenvalue weighted by Crippen LogP contribution is 2.53. The third-order valence-corrected chi connectivity index (χ3v) is 5.72. The van der Waals surface area contributed by atoms with Crippen LogP contribution in [0.5, 0.6) is 5.75 Å². The summed E-state index contributed by atoms with van der Waals surface area (Å²) in [5.41, 5.74) is 3.37. The fourth-order valence-corrected chi connectivity index (χ4v) is 4.45. The fraction of sp³-hybridized carbons (Fsp3) is 0.130. The number of amides is 1. The molecule has 1 amide bonds. The molecule has 3 heterocycles. The zero-order valence-corrected chi connectivity index (χ0v) is 15.0. The van der Waals surface area contributed by atoms with Gasteiger partial charge in [-0.2, -0.15) is 5.10 Å². The summed E-state index contributed by atoms with van der Waals surface area (Å²) in [5, 5.41) is 9.77. The lowest BCUT2D eigenvalue weighted by Crippen LogP contribution is -2.55. The number of carbonyl (C=O) groups excluding carboxylic acids is 1. The molecule has 0 saturated carbocycles. The first-order valence-corrected chi connectivity index (χ1v) is 9.38. The summed E-state index contributed by atoms with van der Waals surface area (Å²) < 4.78 is 6.42. The minimum Gasteiger partial charge on any atom is -0.453 e. The number of ether oxygens (including phenoxy) is 1. The predicted molar refractivity (Wildman–Crippen MR) is 106 cm³/mol. The topological polar surface area (TPSA) is 53.9 Å². The number of anilines is 1. The number of nitrogens with zero attached hydrogens (tertiary/aromatic N) is 2. The highest BCUT2D eigenvalue weighted by molar-refractivity contribution is 6.07. The maximum absolute atomic E-state index is 13.3. The summed E-state index contributed by atoms with van der Waals surface area (Å²) in [6.45, 7) is 0. The van der Waals surface area contributed by atoms with Gasteiger partial charge in [0.2, 0.25) is 0 Å². The van der Waals surface area contributed by atoms with Gasteiger partial charge in [0.05, 0.1) is 23.0 Å². The molecule has 1 N–H and O–H groups in total. The number of carbonyl (C=O) groups is 1. The average molecular weight is 367 g/mol. The molecule has 3 aliphatic heterocycles. The Morgan fingerprint density at radius 1 is 0.964 bits per heavy atom. The van der Waals surface area contributed by atoms with E-state index in [1.165, 1.54) is 0 Å². The van der Waals surface area contributed by atoms with Gasteiger partial charge in [-0.15, -0.1) is 0 Å². The Morgan fingerprint density at radius 3 is 2.61 bits per heavy atom. The van der Waals surface area contributed by atoms with Gasteiger partial charge in [0, 0.05) is 12.0 Å². The molecule has 0 bridgehead atoms. The number of hydrazone groups is 1. The van der Waals surface area contributed by atoms with Crippen molar-refractivity contribution in [2.24, 2.45) is 5.10 Å². The lowest BCUT2D eigenvalue weighted by atomic mass is 9.92. The normalized spacial score (nSPS) is 24.1. The molecule has 0 aromatic heterocycles. The van der Waals surface area contributed by atoms with Crippen LogP contribution in [0.1, 0.15) is 29.2 Å². The van der Waals surface area contributed by atoms with Crippen molar-refractivity contribution in [3.8, 4) is 5.75 Å². The number of fused-ring (bicyclic) bond motifs is 6. The molecule has 6 rings (SSSR count). The van der Waals surface area contributed by atoms with Crippen LogP contribution in [0.3, 0.4) is 0 Å². The zero-order valence-electron chi connectivity index (χ0n) is 15.0. The second kappa shape index (κ2) is 5.45. The molecule has 0 fully saturated rings. The van der Waals surface area contributed by atoms with Gasteiger partial charge in [-0.3, -0.25) is 4.79 Å². The highest BCUT2D eigenvalue weighted by Gasteiger charge is 2.60. The van der Waals surface area contributed by atoms with E-state index in [4.69, 9.17) is 9.84 Å². The third kappa shape index (κ3) is 1.90. The molecule has 3 aromatic rings. The zero-order chi connectivity index (χ0) is 18.7. The molecular weight excluding hydrogens is 350 g/mol. The monoisotopic (exact) mass is 367 g/mol. The van der Waals surface area contributed by atoms with Crippen molar-refractivity contribution in [3.63, 3.8) is 0 Å². The molecule has 0 aliphatic carbocycles. The standard InChI is InChI=1S/C23H17N3O2/c27-22-23(17-11-5-6-12-18(17)24-22)26-20(16-10-4-7-13-21(16)28-23)14-19(25-26)15-8-2-1-3-9-15/h1-13,20H,14H2,(H,24,27)/t20-,23+/m1/s1. The largest absolute Gasteiger partial charge is 0.453 e. The van der Waals surface area contributed by atoms with E-state index in [2.05, 4.69) is 23.5 Å². The molecule has 28 heavy (non-hydrogen) atoms. The highest BCUT2D eigenvalue weighted by atomic mass is 16.5. The van der Waals surface area contributed by atoms with E-state index in [1.807, 2.05) is 65.7 Å². The molecular formula is C23H17N3O2. The molecule has 0 saturated heterocycles. The first kappa shape index (κ1) is 15.5. The molecule has 0 unspecified atom stereocenters. The first-order valence-electron chi connectivity index (χ1n) is 9.38. The number of benzene rings is 3. The van der Waals surface area contributed by atoms with Gasteiger partial charge < -0.3 is 10.1 Å². The van der Waals surface area contributed by atoms with Crippen LogP contribution in [0, 0.1) is 0 Å². The van der Waals surface area contributed by atoms with Crippen LogP contribution in [0.4, 0.5) is 5.69 Å². The maximum Gasteiger partial charge on any atom is 0.306 e. The average Bonchev–Trinajstić information content (AvgIpc) is 3.30. The third-order valence-electron chi connectivity index (χ3n) is 5.72. The number of rotatable bonds is 1. The Balaban J connectivity index is 1.59. The van der Waals surface area contributed by atoms with E-state index in [9.17, 15) is 4.79 Å². The summed E-state index contributed by atoms with van der Waals surface area (Å²) in [5.74, 6) is 0.534. The van der Waals surface area contributed by atoms with Crippen molar-refractivity contribution in [3.05, 3.63) is 95.6 Å². The van der Waals surface area contributed by atoms with Crippen LogP contribution in [-0.4, -0.2) is 16.6 Å². The van der Waals surface area contributed by atoms with E-state index in [-0.39, 0.29) is 11.9 Å². The van der Waals surface area contributed by atoms with Gasteiger partial charge >= 0.3 is 5.72 Å². The molecule has 136 valence electrons. The van der Waals surface area contributed by atoms with Crippen LogP contribution < -0.4 is 10.1 Å². The quantitative estimate of drug-likeness (QED) is 0.706. The van der Waals surface area contributed by atoms with Crippen LogP contribution in [0.2, 0.25) is 0 Å². The lowest BCUT2D eigenvalue weighted by Gasteiger charge is -2.43. The van der Waals surface area contributed by atoms with Crippen molar-refractivity contribution >= 4 is 17.3 Å². The van der Waals surface area contributed by atoms with E-state index >= 15 is 0 Å². The lowest BCUT2D eigenvalue weighted by molar-refractivity contribution is -0.161. The Bertz CT molecular complexity index is 1140. The van der Waals surface area contributed by atoms with E-state index in [0.717, 1.165) is 40.3 Å². The van der Waals surface area contributed by atoms with Gasteiger partial charge in [0.1, 0.15) is 5.75 Å². The molecule has 3 aliphatic rings. The number of hydrogen-bond acceptors (Lipinski definition) is 4. The summed E-state index contributed by atoms with van der Waals surface area (Å²) in [7, 11) is 0. The predicted octanol–water partition coefficient (Wildman–Crippen LogP) is 4.04. The Labute approximate surface area is 162 Å². The van der Waals surface area contributed by atoms with Crippen molar-refractivity contribution in [1.82, 2.24) is 5.01 Å². The first-order chi connectivity index (χ1) is 13.8. The van der Waals surface area contributed by atoms with E-state index in [1.54, 1.807) is 0 Å². The second-order valence-electron chi connectivity index (χ2n) is 7.26. The van der Waals surface area contributed by atoms with Crippen LogP contribution in [0.15, 0.2) is 84.0 Å². The van der Waals surface area contributed by atoms with Crippen molar-refractivity contribution < 1.29 is 9.53 Å². The molecule has 1 spiro atoms. The summed E-state index contributed by atoms with van der Waals surface area (Å²) in [6.07, 6.45) is 0.724. The number of para-hydroxylation sites is 2. The Hall–Kier alpha value is -3.60. The van der Waals surface area contributed by atoms with E-state index in [0.29, 0.717) is 0 Å². The molecule has 0 radical (unpaired) electrons. The molecule has 3 aromatic carbocycles. The smallest absolute Gasteiger partial charge is 0.306 e. The Morgan fingerprint density at radius 2 is 1.71 bits per heavy atom. The van der Waals surface area contributed by atoms with Gasteiger partial charge in [-0.05, 0) is 17.7 Å². The minimum absolute atomic E-state index is 0.0583. The van der Waals surface area contributed by atoms with Gasteiger partial charge in [0.15, 0.2) is 0 Å². The SMILES string of the molecule is O=C1Nc2ccccc2[C@]12Oc1ccccc1[C@H]1CC(c3ccccc3)=NN12. The number of hydrogen-bond donors (Lipinski definition) is 1. The number of nitrogens with one attached hydrogen (secondary N) is 1. The van der Waals surface area contributed by atoms with Crippen molar-refractivity contribution in [2.45, 2.75) is 18.2 Å². The van der Waals surface area contributed by atoms with Gasteiger partial charge in [-0.1, -0.05) is 66.7 Å². The van der Waals surface area contributed by atoms with Gasteiger partial charge in [0.25, 0.3) is 5.91 Å². The fourth-order valence-electron chi connectivity index (χ4n) is 4.45. The summed E-state index contributed by atoms with van der Waals surface area (Å²) in [6, 6.07) is 25.7. The van der Waals surface area contributed by atoms with Crippen LogP contribution >= 0.6 is 0 Å². The maximum atomic E-state index is 13.3. The van der Waals surface area contributed by atoms with Crippen molar-refractivity contribution in [1.29, 1.82) is 0 Å². The van der Waals surface area contributed by atoms with Crippen LogP contribution in [-0.2, 0) is 10.5 Å². The minimum atomic E-state index is -1.29. The Kier molecular flexibility index (Phi) is 3.01. The molecule has 5 nitrogen and oxygen atoms in total.